The van der Waals surface area contributed by atoms with Crippen molar-refractivity contribution in [1.29, 1.82) is 0 Å². The number of hydrogen-bond acceptors (Lipinski definition) is 8. The maximum Gasteiger partial charge on any atom is 0.310 e. The predicted molar refractivity (Wildman–Crippen MR) is 145 cm³/mol. The van der Waals surface area contributed by atoms with Gasteiger partial charge in [-0.15, -0.1) is 11.3 Å². The van der Waals surface area contributed by atoms with Gasteiger partial charge in [0, 0.05) is 17.1 Å². The summed E-state index contributed by atoms with van der Waals surface area (Å²) >= 11 is 1.35. The lowest BCUT2D eigenvalue weighted by molar-refractivity contribution is -0.385. The van der Waals surface area contributed by atoms with Gasteiger partial charge in [0.1, 0.15) is 10.4 Å². The molecule has 2 amide bonds. The minimum atomic E-state index is -1.18. The molecular weight excluding hydrogens is 506 g/mol. The van der Waals surface area contributed by atoms with Gasteiger partial charge in [-0.25, -0.2) is 4.98 Å². The van der Waals surface area contributed by atoms with Crippen LogP contribution in [-0.2, 0) is 10.2 Å². The number of anilines is 3. The van der Waals surface area contributed by atoms with Crippen LogP contribution in [0.5, 0.6) is 5.75 Å². The highest BCUT2D eigenvalue weighted by atomic mass is 32.1. The zero-order valence-corrected chi connectivity index (χ0v) is 21.5. The molecule has 4 N–H and O–H groups in total. The number of carbonyl (C=O) groups excluding carboxylic acids is 2. The summed E-state index contributed by atoms with van der Waals surface area (Å²) in [4.78, 5) is 41.0. The molecule has 1 aromatic heterocycles. The van der Waals surface area contributed by atoms with E-state index in [9.17, 15) is 19.7 Å². The molecule has 38 heavy (non-hydrogen) atoms. The fraction of sp³-hybridized carbons (Fsp3) is 0.148. The second-order valence-electron chi connectivity index (χ2n) is 9.03. The molecule has 0 saturated heterocycles. The molecule has 0 spiro atoms. The van der Waals surface area contributed by atoms with Gasteiger partial charge in [0.15, 0.2) is 5.75 Å². The second-order valence-corrected chi connectivity index (χ2v) is 9.88. The summed E-state index contributed by atoms with van der Waals surface area (Å²) < 4.78 is 5.20. The topological polar surface area (TPSA) is 149 Å². The Morgan fingerprint density at radius 1 is 1.05 bits per heavy atom. The van der Waals surface area contributed by atoms with Crippen LogP contribution in [0.25, 0.3) is 11.1 Å². The van der Waals surface area contributed by atoms with E-state index >= 15 is 0 Å². The number of fused-ring (bicyclic) bond motifs is 2. The van der Waals surface area contributed by atoms with Gasteiger partial charge in [-0.05, 0) is 66.9 Å². The monoisotopic (exact) mass is 529 g/mol. The van der Waals surface area contributed by atoms with Crippen LogP contribution in [0.3, 0.4) is 0 Å². The molecule has 4 aromatic rings. The summed E-state index contributed by atoms with van der Waals surface area (Å²) in [5.74, 6) is -0.743. The van der Waals surface area contributed by atoms with E-state index in [-0.39, 0.29) is 17.3 Å². The Morgan fingerprint density at radius 2 is 1.79 bits per heavy atom. The van der Waals surface area contributed by atoms with Gasteiger partial charge in [0.05, 0.1) is 34.7 Å². The number of nitrogens with zero attached hydrogens (tertiary/aromatic N) is 2. The van der Waals surface area contributed by atoms with E-state index in [4.69, 9.17) is 10.5 Å². The van der Waals surface area contributed by atoms with Crippen molar-refractivity contribution in [2.75, 3.05) is 17.7 Å². The van der Waals surface area contributed by atoms with Crippen LogP contribution in [0.1, 0.15) is 33.5 Å². The van der Waals surface area contributed by atoms with Crippen molar-refractivity contribution in [3.8, 4) is 16.9 Å². The Hall–Kier alpha value is -4.77. The standard InChI is InChI=1S/C27H23N5O5S/c1-14-13-38-26(29-14)27(2,25(28)34)17-6-8-19-21(12-17)31-24(33)18-7-4-15(10-20(18)30-19)16-5-9-22(32(35)36)23(11-16)37-3/h4-13,30H,1-3H3,(H2,28,34)(H,31,33). The lowest BCUT2D eigenvalue weighted by Crippen LogP contribution is -2.39. The Morgan fingerprint density at radius 3 is 2.45 bits per heavy atom. The third-order valence-electron chi connectivity index (χ3n) is 6.63. The van der Waals surface area contributed by atoms with E-state index < -0.39 is 16.2 Å². The number of thiazole rings is 1. The van der Waals surface area contributed by atoms with Gasteiger partial charge in [-0.1, -0.05) is 12.1 Å². The number of primary amides is 1. The molecule has 11 heteroatoms. The van der Waals surface area contributed by atoms with Crippen molar-refractivity contribution in [3.63, 3.8) is 0 Å². The number of nitro groups is 1. The highest BCUT2D eigenvalue weighted by Crippen LogP contribution is 2.40. The van der Waals surface area contributed by atoms with E-state index in [1.807, 2.05) is 12.3 Å². The Balaban J connectivity index is 1.54. The first-order valence-electron chi connectivity index (χ1n) is 11.5. The van der Waals surface area contributed by atoms with Gasteiger partial charge in [0.2, 0.25) is 5.91 Å². The molecule has 1 aliphatic rings. The van der Waals surface area contributed by atoms with E-state index in [1.165, 1.54) is 24.5 Å². The van der Waals surface area contributed by atoms with Gasteiger partial charge in [0.25, 0.3) is 5.91 Å². The lowest BCUT2D eigenvalue weighted by Gasteiger charge is -2.25. The Kier molecular flexibility index (Phi) is 6.08. The van der Waals surface area contributed by atoms with E-state index in [1.54, 1.807) is 55.5 Å². The van der Waals surface area contributed by atoms with Gasteiger partial charge in [-0.3, -0.25) is 19.7 Å². The van der Waals surface area contributed by atoms with Crippen LogP contribution in [0, 0.1) is 17.0 Å². The fourth-order valence-electron chi connectivity index (χ4n) is 4.39. The first-order chi connectivity index (χ1) is 18.1. The number of hydrogen-bond donors (Lipinski definition) is 3. The summed E-state index contributed by atoms with van der Waals surface area (Å²) in [5.41, 5.74) is 9.42. The minimum absolute atomic E-state index is 0.135. The third-order valence-corrected chi connectivity index (χ3v) is 7.81. The van der Waals surface area contributed by atoms with Crippen LogP contribution >= 0.6 is 11.3 Å². The zero-order chi connectivity index (χ0) is 27.2. The van der Waals surface area contributed by atoms with E-state index in [0.717, 1.165) is 11.3 Å². The average Bonchev–Trinajstić information content (AvgIpc) is 3.29. The third kappa shape index (κ3) is 4.12. The minimum Gasteiger partial charge on any atom is -0.490 e. The number of nitrogens with one attached hydrogen (secondary N) is 2. The zero-order valence-electron chi connectivity index (χ0n) is 20.7. The number of aromatic nitrogens is 1. The summed E-state index contributed by atoms with van der Waals surface area (Å²) in [7, 11) is 1.37. The van der Waals surface area contributed by atoms with Crippen LogP contribution in [0.4, 0.5) is 22.7 Å². The van der Waals surface area contributed by atoms with Crippen LogP contribution < -0.4 is 21.1 Å². The molecule has 1 atom stereocenters. The average molecular weight is 530 g/mol. The molecule has 1 unspecified atom stereocenters. The first-order valence-corrected chi connectivity index (χ1v) is 12.4. The van der Waals surface area contributed by atoms with Crippen LogP contribution in [-0.4, -0.2) is 28.8 Å². The van der Waals surface area contributed by atoms with Gasteiger partial charge < -0.3 is 21.1 Å². The molecule has 0 bridgehead atoms. The van der Waals surface area contributed by atoms with Crippen molar-refractivity contribution in [2.24, 2.45) is 5.73 Å². The molecule has 0 aliphatic carbocycles. The van der Waals surface area contributed by atoms with Gasteiger partial charge >= 0.3 is 5.69 Å². The second kappa shape index (κ2) is 9.27. The molecule has 192 valence electrons. The number of carbonyl (C=O) groups is 2. The molecule has 0 radical (unpaired) electrons. The molecule has 3 aromatic carbocycles. The van der Waals surface area contributed by atoms with Crippen LogP contribution in [0.2, 0.25) is 0 Å². The number of aryl methyl sites for hydroxylation is 1. The summed E-state index contributed by atoms with van der Waals surface area (Å²) in [6.45, 7) is 3.57. The molecular formula is C27H23N5O5S. The number of methoxy groups -OCH3 is 1. The van der Waals surface area contributed by atoms with E-state index in [2.05, 4.69) is 15.6 Å². The molecule has 1 aliphatic heterocycles. The van der Waals surface area contributed by atoms with Crippen molar-refractivity contribution in [2.45, 2.75) is 19.3 Å². The maximum atomic E-state index is 13.2. The van der Waals surface area contributed by atoms with Crippen molar-refractivity contribution in [3.05, 3.63) is 91.9 Å². The number of ether oxygens (including phenoxy) is 1. The molecule has 10 nitrogen and oxygen atoms in total. The molecule has 2 heterocycles. The number of nitro benzene ring substituents is 1. The normalized spacial score (nSPS) is 13.7. The number of amides is 2. The number of nitrogens with two attached hydrogens (primary N) is 1. The smallest absolute Gasteiger partial charge is 0.310 e. The SMILES string of the molecule is COc1cc(-c2ccc3c(c2)Nc2ccc(C(C)(C(N)=O)c4nc(C)cs4)cc2NC3=O)ccc1[N+](=O)[O-]. The highest BCUT2D eigenvalue weighted by molar-refractivity contribution is 7.10. The summed E-state index contributed by atoms with van der Waals surface area (Å²) in [6.07, 6.45) is 0. The largest absolute Gasteiger partial charge is 0.490 e. The number of rotatable bonds is 6. The molecule has 0 fully saturated rings. The fourth-order valence-corrected chi connectivity index (χ4v) is 5.38. The quantitative estimate of drug-likeness (QED) is 0.231. The maximum absolute atomic E-state index is 13.2. The molecule has 0 saturated carbocycles. The lowest BCUT2D eigenvalue weighted by atomic mass is 9.82. The van der Waals surface area contributed by atoms with Crippen molar-refractivity contribution >= 4 is 45.9 Å². The van der Waals surface area contributed by atoms with Crippen molar-refractivity contribution in [1.82, 2.24) is 4.98 Å². The van der Waals surface area contributed by atoms with E-state index in [0.29, 0.717) is 38.8 Å². The Bertz CT molecular complexity index is 1630. The van der Waals surface area contributed by atoms with Gasteiger partial charge in [-0.2, -0.15) is 0 Å². The summed E-state index contributed by atoms with van der Waals surface area (Å²) in [5, 5.41) is 19.9. The number of benzene rings is 3. The predicted octanol–water partition coefficient (Wildman–Crippen LogP) is 5.14. The molecule has 5 rings (SSSR count). The van der Waals surface area contributed by atoms with Crippen molar-refractivity contribution < 1.29 is 19.2 Å². The van der Waals surface area contributed by atoms with Crippen LogP contribution in [0.15, 0.2) is 60.0 Å². The highest BCUT2D eigenvalue weighted by Gasteiger charge is 2.39. The Labute approximate surface area is 221 Å². The first kappa shape index (κ1) is 24.9. The summed E-state index contributed by atoms with van der Waals surface area (Å²) in [6, 6.07) is 15.1.